The Bertz CT molecular complexity index is 1070. The molecule has 0 aromatic heterocycles. The van der Waals surface area contributed by atoms with Crippen molar-refractivity contribution in [2.45, 2.75) is 25.3 Å². The Balaban J connectivity index is 1.76. The van der Waals surface area contributed by atoms with E-state index in [9.17, 15) is 4.79 Å². The van der Waals surface area contributed by atoms with Crippen LogP contribution in [0.15, 0.2) is 84.9 Å². The Hall–Kier alpha value is -3.13. The molecule has 0 fully saturated rings. The lowest BCUT2D eigenvalue weighted by molar-refractivity contribution is 0.0923. The van der Waals surface area contributed by atoms with Gasteiger partial charge >= 0.3 is 0 Å². The van der Waals surface area contributed by atoms with E-state index < -0.39 is 5.54 Å². The molecule has 0 saturated heterocycles. The Labute approximate surface area is 166 Å². The van der Waals surface area contributed by atoms with Gasteiger partial charge in [-0.1, -0.05) is 78.9 Å². The number of rotatable bonds is 3. The van der Waals surface area contributed by atoms with Gasteiger partial charge in [0.2, 0.25) is 0 Å². The van der Waals surface area contributed by atoms with Gasteiger partial charge in [0.15, 0.2) is 5.78 Å². The van der Waals surface area contributed by atoms with Gasteiger partial charge in [-0.2, -0.15) is 0 Å². The molecular formula is C26H23NO. The molecule has 2 aliphatic heterocycles. The zero-order valence-corrected chi connectivity index (χ0v) is 16.1. The summed E-state index contributed by atoms with van der Waals surface area (Å²) in [4.78, 5) is 16.1. The Kier molecular flexibility index (Phi) is 3.94. The summed E-state index contributed by atoms with van der Waals surface area (Å²) in [6.07, 6.45) is 4.33. The summed E-state index contributed by atoms with van der Waals surface area (Å²) in [6, 6.07) is 26.7. The van der Waals surface area contributed by atoms with Gasteiger partial charge in [0, 0.05) is 23.4 Å². The third-order valence-corrected chi connectivity index (χ3v) is 6.07. The second-order valence-electron chi connectivity index (χ2n) is 7.84. The van der Waals surface area contributed by atoms with Gasteiger partial charge in [0.1, 0.15) is 5.54 Å². The summed E-state index contributed by atoms with van der Waals surface area (Å²) in [5.41, 5.74) is 6.20. The normalized spacial score (nSPS) is 20.3. The molecule has 3 aromatic rings. The molecule has 2 heteroatoms. The first-order valence-electron chi connectivity index (χ1n) is 9.96. The van der Waals surface area contributed by atoms with Crippen molar-refractivity contribution < 1.29 is 4.79 Å². The van der Waals surface area contributed by atoms with Crippen molar-refractivity contribution in [1.82, 2.24) is 0 Å². The fourth-order valence-corrected chi connectivity index (χ4v) is 4.70. The number of carbonyl (C=O) groups is 1. The molecule has 0 spiro atoms. The number of hydrogen-bond acceptors (Lipinski definition) is 2. The Morgan fingerprint density at radius 3 is 2.36 bits per heavy atom. The first-order chi connectivity index (χ1) is 13.7. The molecule has 1 unspecified atom stereocenters. The molecule has 0 radical (unpaired) electrons. The number of aryl methyl sites for hydroxylation is 1. The summed E-state index contributed by atoms with van der Waals surface area (Å²) >= 11 is 0. The van der Waals surface area contributed by atoms with Crippen LogP contribution in [0.2, 0.25) is 0 Å². The molecule has 1 atom stereocenters. The number of benzene rings is 3. The molecule has 0 amide bonds. The van der Waals surface area contributed by atoms with Crippen LogP contribution in [0.25, 0.3) is 5.57 Å². The largest absolute Gasteiger partial charge is 0.355 e. The number of anilines is 1. The smallest absolute Gasteiger partial charge is 0.192 e. The summed E-state index contributed by atoms with van der Waals surface area (Å²) < 4.78 is 0. The summed E-state index contributed by atoms with van der Waals surface area (Å²) in [7, 11) is 0. The van der Waals surface area contributed by atoms with E-state index in [0.29, 0.717) is 0 Å². The van der Waals surface area contributed by atoms with Gasteiger partial charge in [0.05, 0.1) is 0 Å². The highest BCUT2D eigenvalue weighted by atomic mass is 16.1. The van der Waals surface area contributed by atoms with Crippen LogP contribution in [-0.4, -0.2) is 17.9 Å². The number of ketones is 1. The van der Waals surface area contributed by atoms with Crippen LogP contribution in [0.3, 0.4) is 0 Å². The zero-order chi connectivity index (χ0) is 19.1. The number of para-hydroxylation sites is 1. The van der Waals surface area contributed by atoms with Crippen molar-refractivity contribution in [3.63, 3.8) is 0 Å². The van der Waals surface area contributed by atoms with Crippen LogP contribution in [0.4, 0.5) is 5.69 Å². The second-order valence-corrected chi connectivity index (χ2v) is 7.84. The standard InChI is InChI=1S/C26H23NO/c1-26(25(28)21-12-6-3-7-13-21)18-23(19-10-4-2-5-11-19)22-16-8-14-20-15-9-17-27(26)24(20)22/h2-8,10-14,16,18H,9,15,17H2,1H3. The first-order valence-corrected chi connectivity index (χ1v) is 9.96. The lowest BCUT2D eigenvalue weighted by atomic mass is 9.77. The predicted molar refractivity (Wildman–Crippen MR) is 115 cm³/mol. The van der Waals surface area contributed by atoms with Crippen molar-refractivity contribution >= 4 is 17.0 Å². The van der Waals surface area contributed by atoms with E-state index in [1.165, 1.54) is 16.8 Å². The molecule has 5 rings (SSSR count). The van der Waals surface area contributed by atoms with Crippen LogP contribution < -0.4 is 4.90 Å². The van der Waals surface area contributed by atoms with Crippen molar-refractivity contribution in [3.05, 3.63) is 107 Å². The molecule has 28 heavy (non-hydrogen) atoms. The average molecular weight is 365 g/mol. The van der Waals surface area contributed by atoms with Gasteiger partial charge < -0.3 is 4.90 Å². The first kappa shape index (κ1) is 17.0. The number of hydrogen-bond donors (Lipinski definition) is 0. The van der Waals surface area contributed by atoms with Gasteiger partial charge in [-0.3, -0.25) is 4.79 Å². The van der Waals surface area contributed by atoms with Crippen molar-refractivity contribution in [2.75, 3.05) is 11.4 Å². The molecule has 0 N–H and O–H groups in total. The number of Topliss-reactive ketones (excluding diaryl/α,β-unsaturated/α-hetero) is 1. The maximum atomic E-state index is 13.7. The van der Waals surface area contributed by atoms with Crippen LogP contribution in [0.5, 0.6) is 0 Å². The number of carbonyl (C=O) groups excluding carboxylic acids is 1. The maximum Gasteiger partial charge on any atom is 0.192 e. The van der Waals surface area contributed by atoms with E-state index in [1.54, 1.807) is 0 Å². The van der Waals surface area contributed by atoms with E-state index in [4.69, 9.17) is 0 Å². The van der Waals surface area contributed by atoms with E-state index in [-0.39, 0.29) is 5.78 Å². The van der Waals surface area contributed by atoms with Crippen LogP contribution in [-0.2, 0) is 6.42 Å². The van der Waals surface area contributed by atoms with Gasteiger partial charge in [-0.15, -0.1) is 0 Å². The third-order valence-electron chi connectivity index (χ3n) is 6.07. The van der Waals surface area contributed by atoms with Crippen molar-refractivity contribution in [2.24, 2.45) is 0 Å². The van der Waals surface area contributed by atoms with Gasteiger partial charge in [-0.05, 0) is 42.5 Å². The summed E-state index contributed by atoms with van der Waals surface area (Å²) in [6.45, 7) is 2.98. The molecule has 0 bridgehead atoms. The molecule has 2 aliphatic rings. The maximum absolute atomic E-state index is 13.7. The molecule has 138 valence electrons. The minimum Gasteiger partial charge on any atom is -0.355 e. The molecule has 3 aromatic carbocycles. The fourth-order valence-electron chi connectivity index (χ4n) is 4.70. The SMILES string of the molecule is CC1(C(=O)c2ccccc2)C=C(c2ccccc2)c2cccc3c2N1CCC3. The highest BCUT2D eigenvalue weighted by molar-refractivity contribution is 6.10. The van der Waals surface area contributed by atoms with Crippen LogP contribution >= 0.6 is 0 Å². The van der Waals surface area contributed by atoms with E-state index in [0.717, 1.165) is 36.1 Å². The highest BCUT2D eigenvalue weighted by Gasteiger charge is 2.44. The Morgan fingerprint density at radius 2 is 1.61 bits per heavy atom. The summed E-state index contributed by atoms with van der Waals surface area (Å²) in [5, 5.41) is 0. The van der Waals surface area contributed by atoms with Crippen LogP contribution in [0, 0.1) is 0 Å². The molecule has 2 nitrogen and oxygen atoms in total. The molecule has 0 saturated carbocycles. The highest BCUT2D eigenvalue weighted by Crippen LogP contribution is 2.46. The zero-order valence-electron chi connectivity index (χ0n) is 16.1. The third kappa shape index (κ3) is 2.52. The predicted octanol–water partition coefficient (Wildman–Crippen LogP) is 5.53. The van der Waals surface area contributed by atoms with Crippen molar-refractivity contribution in [3.8, 4) is 0 Å². The summed E-state index contributed by atoms with van der Waals surface area (Å²) in [5.74, 6) is 0.156. The molecule has 0 aliphatic carbocycles. The minimum atomic E-state index is -0.698. The Morgan fingerprint density at radius 1 is 0.893 bits per heavy atom. The molecular weight excluding hydrogens is 342 g/mol. The van der Waals surface area contributed by atoms with Gasteiger partial charge in [-0.25, -0.2) is 0 Å². The van der Waals surface area contributed by atoms with E-state index in [1.807, 2.05) is 36.4 Å². The minimum absolute atomic E-state index is 0.156. The van der Waals surface area contributed by atoms with E-state index >= 15 is 0 Å². The van der Waals surface area contributed by atoms with E-state index in [2.05, 4.69) is 60.4 Å². The second kappa shape index (κ2) is 6.49. The van der Waals surface area contributed by atoms with Crippen LogP contribution in [0.1, 0.15) is 40.4 Å². The van der Waals surface area contributed by atoms with Crippen molar-refractivity contribution in [1.29, 1.82) is 0 Å². The lowest BCUT2D eigenvalue weighted by Crippen LogP contribution is -2.55. The average Bonchev–Trinajstić information content (AvgIpc) is 2.77. The molecule has 2 heterocycles. The van der Waals surface area contributed by atoms with Gasteiger partial charge in [0.25, 0.3) is 0 Å². The number of nitrogens with zero attached hydrogens (tertiary/aromatic N) is 1. The topological polar surface area (TPSA) is 20.3 Å². The monoisotopic (exact) mass is 365 g/mol. The quantitative estimate of drug-likeness (QED) is 0.569. The lowest BCUT2D eigenvalue weighted by Gasteiger charge is -2.47. The fraction of sp³-hybridized carbons (Fsp3) is 0.192.